The van der Waals surface area contributed by atoms with Gasteiger partial charge in [-0.3, -0.25) is 24.2 Å². The van der Waals surface area contributed by atoms with Crippen molar-refractivity contribution in [3.05, 3.63) is 66.0 Å². The van der Waals surface area contributed by atoms with E-state index in [1.54, 1.807) is 42.5 Å². The summed E-state index contributed by atoms with van der Waals surface area (Å²) >= 11 is 0. The molecule has 0 aliphatic carbocycles. The van der Waals surface area contributed by atoms with Crippen molar-refractivity contribution in [2.75, 3.05) is 6.54 Å². The molecule has 33 heavy (non-hydrogen) atoms. The monoisotopic (exact) mass is 448 g/mol. The molecule has 2 fully saturated rings. The van der Waals surface area contributed by atoms with Gasteiger partial charge in [0, 0.05) is 24.2 Å². The zero-order valence-electron chi connectivity index (χ0n) is 18.7. The SMILES string of the molecule is CC(C)C[C@H](NC(=O)c1ccccc1)C(=O)N1CC[C@@H]2C(C(=O)c3ccccn3)NC(=O)[C@H]21. The average Bonchev–Trinajstić information content (AvgIpc) is 3.40. The van der Waals surface area contributed by atoms with E-state index in [2.05, 4.69) is 15.6 Å². The molecule has 0 saturated carbocycles. The van der Waals surface area contributed by atoms with Gasteiger partial charge in [-0.15, -0.1) is 0 Å². The highest BCUT2D eigenvalue weighted by molar-refractivity contribution is 6.05. The minimum Gasteiger partial charge on any atom is -0.344 e. The summed E-state index contributed by atoms with van der Waals surface area (Å²) < 4.78 is 0. The normalized spacial score (nSPS) is 22.6. The predicted octanol–water partition coefficient (Wildman–Crippen LogP) is 1.82. The molecule has 1 unspecified atom stereocenters. The highest BCUT2D eigenvalue weighted by Gasteiger charge is 2.54. The molecule has 8 heteroatoms. The second kappa shape index (κ2) is 9.52. The fourth-order valence-corrected chi connectivity index (χ4v) is 4.75. The van der Waals surface area contributed by atoms with Gasteiger partial charge in [0.05, 0.1) is 6.04 Å². The lowest BCUT2D eigenvalue weighted by Gasteiger charge is -2.28. The van der Waals surface area contributed by atoms with Gasteiger partial charge < -0.3 is 15.5 Å². The molecule has 2 aliphatic heterocycles. The van der Waals surface area contributed by atoms with Crippen LogP contribution in [-0.4, -0.2) is 58.1 Å². The molecule has 4 rings (SSSR count). The number of rotatable bonds is 7. The maximum Gasteiger partial charge on any atom is 0.251 e. The van der Waals surface area contributed by atoms with Crippen molar-refractivity contribution < 1.29 is 19.2 Å². The van der Waals surface area contributed by atoms with E-state index in [0.29, 0.717) is 30.6 Å². The maximum atomic E-state index is 13.5. The Hall–Kier alpha value is -3.55. The van der Waals surface area contributed by atoms with Gasteiger partial charge in [-0.05, 0) is 43.0 Å². The highest BCUT2D eigenvalue weighted by atomic mass is 16.2. The third-order valence-corrected chi connectivity index (χ3v) is 6.27. The van der Waals surface area contributed by atoms with Crippen molar-refractivity contribution in [2.45, 2.75) is 44.8 Å². The second-order valence-corrected chi connectivity index (χ2v) is 9.02. The average molecular weight is 449 g/mol. The van der Waals surface area contributed by atoms with E-state index in [1.165, 1.54) is 11.1 Å². The summed E-state index contributed by atoms with van der Waals surface area (Å²) in [5.41, 5.74) is 0.763. The minimum absolute atomic E-state index is 0.157. The Morgan fingerprint density at radius 2 is 1.85 bits per heavy atom. The van der Waals surface area contributed by atoms with E-state index in [1.807, 2.05) is 19.9 Å². The summed E-state index contributed by atoms with van der Waals surface area (Å²) in [5.74, 6) is -1.37. The number of nitrogens with zero attached hydrogens (tertiary/aromatic N) is 2. The van der Waals surface area contributed by atoms with Gasteiger partial charge in [0.2, 0.25) is 17.6 Å². The number of benzene rings is 1. The number of hydrogen-bond donors (Lipinski definition) is 2. The number of ketones is 1. The van der Waals surface area contributed by atoms with Gasteiger partial charge in [-0.25, -0.2) is 0 Å². The number of fused-ring (bicyclic) bond motifs is 1. The first-order valence-electron chi connectivity index (χ1n) is 11.3. The molecule has 1 aromatic carbocycles. The van der Waals surface area contributed by atoms with Crippen LogP contribution in [0.1, 0.15) is 47.5 Å². The molecule has 4 atom stereocenters. The van der Waals surface area contributed by atoms with Crippen LogP contribution in [0.3, 0.4) is 0 Å². The third kappa shape index (κ3) is 4.65. The number of carbonyl (C=O) groups excluding carboxylic acids is 4. The largest absolute Gasteiger partial charge is 0.344 e. The van der Waals surface area contributed by atoms with E-state index in [-0.39, 0.29) is 35.3 Å². The number of carbonyl (C=O) groups is 4. The van der Waals surface area contributed by atoms with Crippen LogP contribution < -0.4 is 10.6 Å². The summed E-state index contributed by atoms with van der Waals surface area (Å²) in [6, 6.07) is 11.6. The first-order chi connectivity index (χ1) is 15.9. The Morgan fingerprint density at radius 3 is 2.52 bits per heavy atom. The Bertz CT molecular complexity index is 1040. The number of amides is 3. The smallest absolute Gasteiger partial charge is 0.251 e. The summed E-state index contributed by atoms with van der Waals surface area (Å²) in [7, 11) is 0. The van der Waals surface area contributed by atoms with Crippen molar-refractivity contribution in [1.29, 1.82) is 0 Å². The standard InChI is InChI=1S/C25H28N4O4/c1-15(2)14-19(27-23(31)16-8-4-3-5-9-16)25(33)29-13-11-17-20(28-24(32)21(17)29)22(30)18-10-6-7-12-26-18/h3-10,12,15,17,19-21H,11,13-14H2,1-2H3,(H,27,31)(H,28,32)/t17-,19+,20?,21+/m1/s1. The number of hydrogen-bond acceptors (Lipinski definition) is 5. The van der Waals surface area contributed by atoms with Crippen LogP contribution in [0.4, 0.5) is 0 Å². The molecule has 3 amide bonds. The fourth-order valence-electron chi connectivity index (χ4n) is 4.75. The molecule has 2 aliphatic rings. The molecule has 2 N–H and O–H groups in total. The van der Waals surface area contributed by atoms with E-state index in [9.17, 15) is 19.2 Å². The maximum absolute atomic E-state index is 13.5. The predicted molar refractivity (Wildman–Crippen MR) is 121 cm³/mol. The van der Waals surface area contributed by atoms with Gasteiger partial charge in [0.1, 0.15) is 17.8 Å². The summed E-state index contributed by atoms with van der Waals surface area (Å²) in [5, 5.41) is 5.63. The Kier molecular flexibility index (Phi) is 6.53. The molecule has 2 aromatic rings. The topological polar surface area (TPSA) is 108 Å². The number of pyridine rings is 1. The number of likely N-dealkylation sites (tertiary alicyclic amines) is 1. The fraction of sp³-hybridized carbons (Fsp3) is 0.400. The lowest BCUT2D eigenvalue weighted by Crippen LogP contribution is -2.52. The van der Waals surface area contributed by atoms with Crippen LogP contribution in [-0.2, 0) is 9.59 Å². The van der Waals surface area contributed by atoms with Gasteiger partial charge in [-0.2, -0.15) is 0 Å². The molecule has 0 radical (unpaired) electrons. The van der Waals surface area contributed by atoms with Crippen molar-refractivity contribution in [2.24, 2.45) is 11.8 Å². The lowest BCUT2D eigenvalue weighted by molar-refractivity contribution is -0.139. The molecule has 0 spiro atoms. The van der Waals surface area contributed by atoms with Crippen LogP contribution >= 0.6 is 0 Å². The number of nitrogens with one attached hydrogen (secondary N) is 2. The Labute approximate surface area is 192 Å². The third-order valence-electron chi connectivity index (χ3n) is 6.27. The van der Waals surface area contributed by atoms with E-state index in [0.717, 1.165) is 0 Å². The zero-order valence-corrected chi connectivity index (χ0v) is 18.7. The highest BCUT2D eigenvalue weighted by Crippen LogP contribution is 2.34. The van der Waals surface area contributed by atoms with Crippen LogP contribution in [0.2, 0.25) is 0 Å². The first kappa shape index (κ1) is 22.6. The van der Waals surface area contributed by atoms with Crippen molar-refractivity contribution in [3.8, 4) is 0 Å². The van der Waals surface area contributed by atoms with Crippen LogP contribution in [0.15, 0.2) is 54.7 Å². The quantitative estimate of drug-likeness (QED) is 0.628. The van der Waals surface area contributed by atoms with Gasteiger partial charge in [0.25, 0.3) is 5.91 Å². The molecular weight excluding hydrogens is 420 g/mol. The summed E-state index contributed by atoms with van der Waals surface area (Å²) in [4.78, 5) is 57.7. The molecule has 8 nitrogen and oxygen atoms in total. The van der Waals surface area contributed by atoms with Gasteiger partial charge >= 0.3 is 0 Å². The van der Waals surface area contributed by atoms with Crippen molar-refractivity contribution >= 4 is 23.5 Å². The summed E-state index contributed by atoms with van der Waals surface area (Å²) in [6.07, 6.45) is 2.51. The second-order valence-electron chi connectivity index (χ2n) is 9.02. The van der Waals surface area contributed by atoms with Crippen molar-refractivity contribution in [3.63, 3.8) is 0 Å². The van der Waals surface area contributed by atoms with Crippen molar-refractivity contribution in [1.82, 2.24) is 20.5 Å². The summed E-state index contributed by atoms with van der Waals surface area (Å²) in [6.45, 7) is 4.32. The van der Waals surface area contributed by atoms with Crippen LogP contribution in [0.5, 0.6) is 0 Å². The van der Waals surface area contributed by atoms with Gasteiger partial charge in [-0.1, -0.05) is 38.1 Å². The van der Waals surface area contributed by atoms with Gasteiger partial charge in [0.15, 0.2) is 0 Å². The molecule has 1 aromatic heterocycles. The Morgan fingerprint density at radius 1 is 1.12 bits per heavy atom. The van der Waals surface area contributed by atoms with E-state index >= 15 is 0 Å². The molecular formula is C25H28N4O4. The lowest BCUT2D eigenvalue weighted by atomic mass is 9.92. The number of Topliss-reactive ketones (excluding diaryl/α,β-unsaturated/α-hetero) is 1. The minimum atomic E-state index is -0.755. The number of aromatic nitrogens is 1. The Balaban J connectivity index is 1.51. The molecule has 2 saturated heterocycles. The van der Waals surface area contributed by atoms with E-state index < -0.39 is 18.1 Å². The van der Waals surface area contributed by atoms with E-state index in [4.69, 9.17) is 0 Å². The molecule has 3 heterocycles. The molecule has 0 bridgehead atoms. The molecule has 172 valence electrons. The first-order valence-corrected chi connectivity index (χ1v) is 11.3. The van der Waals surface area contributed by atoms with Crippen LogP contribution in [0.25, 0.3) is 0 Å². The van der Waals surface area contributed by atoms with Crippen LogP contribution in [0, 0.1) is 11.8 Å². The zero-order chi connectivity index (χ0) is 23.5.